The molecular formula is C19H21BrN6. The van der Waals surface area contributed by atoms with Gasteiger partial charge in [-0.05, 0) is 40.5 Å². The van der Waals surface area contributed by atoms with Crippen molar-refractivity contribution in [3.63, 3.8) is 0 Å². The number of hydrogen-bond acceptors (Lipinski definition) is 6. The fourth-order valence-corrected chi connectivity index (χ4v) is 3.91. The minimum atomic E-state index is 0.468. The molecule has 2 N–H and O–H groups in total. The smallest absolute Gasteiger partial charge is 0.0890 e. The van der Waals surface area contributed by atoms with Gasteiger partial charge in [-0.3, -0.25) is 15.0 Å². The lowest BCUT2D eigenvalue weighted by Crippen LogP contribution is -2.49. The van der Waals surface area contributed by atoms with E-state index >= 15 is 0 Å². The van der Waals surface area contributed by atoms with Crippen molar-refractivity contribution in [3.05, 3.63) is 53.0 Å². The summed E-state index contributed by atoms with van der Waals surface area (Å²) < 4.78 is 1.01. The van der Waals surface area contributed by atoms with Crippen LogP contribution in [0.1, 0.15) is 12.5 Å². The zero-order valence-electron chi connectivity index (χ0n) is 14.6. The molecule has 1 aromatic carbocycles. The predicted molar refractivity (Wildman–Crippen MR) is 108 cm³/mol. The van der Waals surface area contributed by atoms with E-state index in [-0.39, 0.29) is 0 Å². The van der Waals surface area contributed by atoms with Crippen LogP contribution < -0.4 is 15.5 Å². The molecule has 26 heavy (non-hydrogen) atoms. The standard InChI is InChI=1S/C19H21BrN6/c1-13-12-26(7-6-22-13)19-15(20)10-21-11-18(19)25-9-14-2-3-16-17(8-14)24-5-4-23-16/h2-5,8,10-11,13,22,25H,6-7,9,12H2,1H3. The van der Waals surface area contributed by atoms with Crippen molar-refractivity contribution in [1.82, 2.24) is 20.3 Å². The third-order valence-electron chi connectivity index (χ3n) is 4.57. The molecule has 0 bridgehead atoms. The van der Waals surface area contributed by atoms with Crippen LogP contribution in [0.2, 0.25) is 0 Å². The van der Waals surface area contributed by atoms with Crippen molar-refractivity contribution < 1.29 is 0 Å². The number of benzene rings is 1. The highest BCUT2D eigenvalue weighted by Gasteiger charge is 2.21. The molecule has 3 aromatic rings. The van der Waals surface area contributed by atoms with Gasteiger partial charge in [-0.2, -0.15) is 0 Å². The molecule has 0 radical (unpaired) electrons. The van der Waals surface area contributed by atoms with Gasteiger partial charge >= 0.3 is 0 Å². The fourth-order valence-electron chi connectivity index (χ4n) is 3.33. The van der Waals surface area contributed by atoms with E-state index in [9.17, 15) is 0 Å². The molecule has 1 saturated heterocycles. The second kappa shape index (κ2) is 7.55. The van der Waals surface area contributed by atoms with Gasteiger partial charge in [0, 0.05) is 50.8 Å². The highest BCUT2D eigenvalue weighted by atomic mass is 79.9. The number of anilines is 2. The third kappa shape index (κ3) is 3.64. The first-order chi connectivity index (χ1) is 12.7. The molecular weight excluding hydrogens is 392 g/mol. The molecule has 0 aliphatic carbocycles. The number of halogens is 1. The van der Waals surface area contributed by atoms with Crippen LogP contribution in [0.5, 0.6) is 0 Å². The lowest BCUT2D eigenvalue weighted by atomic mass is 10.1. The Balaban J connectivity index is 1.56. The second-order valence-corrected chi connectivity index (χ2v) is 7.41. The second-order valence-electron chi connectivity index (χ2n) is 6.55. The van der Waals surface area contributed by atoms with Crippen LogP contribution in [0.25, 0.3) is 11.0 Å². The number of fused-ring (bicyclic) bond motifs is 1. The Kier molecular flexibility index (Phi) is 4.99. The molecule has 1 atom stereocenters. The van der Waals surface area contributed by atoms with Gasteiger partial charge < -0.3 is 15.5 Å². The number of rotatable bonds is 4. The molecule has 0 amide bonds. The normalized spacial score (nSPS) is 17.5. The Morgan fingerprint density at radius 1 is 1.23 bits per heavy atom. The van der Waals surface area contributed by atoms with E-state index in [0.717, 1.165) is 46.4 Å². The van der Waals surface area contributed by atoms with Crippen LogP contribution in [0.3, 0.4) is 0 Å². The van der Waals surface area contributed by atoms with Crippen LogP contribution in [-0.4, -0.2) is 40.6 Å². The molecule has 1 unspecified atom stereocenters. The number of piperazine rings is 1. The Morgan fingerprint density at radius 3 is 2.92 bits per heavy atom. The van der Waals surface area contributed by atoms with Crippen LogP contribution in [0, 0.1) is 0 Å². The quantitative estimate of drug-likeness (QED) is 0.685. The molecule has 134 valence electrons. The average Bonchev–Trinajstić information content (AvgIpc) is 2.66. The third-order valence-corrected chi connectivity index (χ3v) is 5.15. The number of hydrogen-bond donors (Lipinski definition) is 2. The summed E-state index contributed by atoms with van der Waals surface area (Å²) in [5.41, 5.74) is 5.20. The number of aromatic nitrogens is 3. The van der Waals surface area contributed by atoms with Gasteiger partial charge in [0.05, 0.1) is 33.1 Å². The maximum atomic E-state index is 4.38. The molecule has 1 aliphatic rings. The summed E-state index contributed by atoms with van der Waals surface area (Å²) in [6, 6.07) is 6.64. The largest absolute Gasteiger partial charge is 0.378 e. The highest BCUT2D eigenvalue weighted by molar-refractivity contribution is 9.10. The first-order valence-corrected chi connectivity index (χ1v) is 9.55. The van der Waals surface area contributed by atoms with E-state index in [1.165, 1.54) is 5.69 Å². The molecule has 7 heteroatoms. The first kappa shape index (κ1) is 17.2. The summed E-state index contributed by atoms with van der Waals surface area (Å²) in [5, 5.41) is 7.03. The van der Waals surface area contributed by atoms with Crippen LogP contribution in [-0.2, 0) is 6.54 Å². The average molecular weight is 413 g/mol. The first-order valence-electron chi connectivity index (χ1n) is 8.76. The Labute approximate surface area is 161 Å². The molecule has 4 rings (SSSR count). The fraction of sp³-hybridized carbons (Fsp3) is 0.316. The van der Waals surface area contributed by atoms with Crippen LogP contribution in [0.15, 0.2) is 47.5 Å². The summed E-state index contributed by atoms with van der Waals surface area (Å²) in [4.78, 5) is 15.5. The lowest BCUT2D eigenvalue weighted by Gasteiger charge is -2.35. The van der Waals surface area contributed by atoms with Crippen molar-refractivity contribution in [1.29, 1.82) is 0 Å². The van der Waals surface area contributed by atoms with Gasteiger partial charge in [0.25, 0.3) is 0 Å². The maximum Gasteiger partial charge on any atom is 0.0890 e. The Bertz CT molecular complexity index is 915. The van der Waals surface area contributed by atoms with E-state index in [4.69, 9.17) is 0 Å². The van der Waals surface area contributed by atoms with E-state index < -0.39 is 0 Å². The van der Waals surface area contributed by atoms with E-state index in [1.54, 1.807) is 12.4 Å². The van der Waals surface area contributed by atoms with Crippen LogP contribution >= 0.6 is 15.9 Å². The van der Waals surface area contributed by atoms with E-state index in [1.807, 2.05) is 18.5 Å². The van der Waals surface area contributed by atoms with E-state index in [2.05, 4.69) is 65.5 Å². The predicted octanol–water partition coefficient (Wildman–Crippen LogP) is 3.20. The van der Waals surface area contributed by atoms with E-state index in [0.29, 0.717) is 12.6 Å². The molecule has 1 fully saturated rings. The van der Waals surface area contributed by atoms with Crippen LogP contribution in [0.4, 0.5) is 11.4 Å². The zero-order chi connectivity index (χ0) is 17.9. The van der Waals surface area contributed by atoms with Gasteiger partial charge in [-0.15, -0.1) is 0 Å². The highest BCUT2D eigenvalue weighted by Crippen LogP contribution is 2.34. The van der Waals surface area contributed by atoms with Crippen molar-refractivity contribution >= 4 is 38.3 Å². The van der Waals surface area contributed by atoms with Crippen molar-refractivity contribution in [2.24, 2.45) is 0 Å². The maximum absolute atomic E-state index is 4.38. The summed E-state index contributed by atoms with van der Waals surface area (Å²) in [6.07, 6.45) is 7.20. The summed E-state index contributed by atoms with van der Waals surface area (Å²) in [6.45, 7) is 5.86. The minimum absolute atomic E-state index is 0.468. The van der Waals surface area contributed by atoms with Gasteiger partial charge in [0.15, 0.2) is 0 Å². The lowest BCUT2D eigenvalue weighted by molar-refractivity contribution is 0.484. The minimum Gasteiger partial charge on any atom is -0.378 e. The Morgan fingerprint density at radius 2 is 2.08 bits per heavy atom. The Hall–Kier alpha value is -2.25. The summed E-state index contributed by atoms with van der Waals surface area (Å²) in [5.74, 6) is 0. The molecule has 2 aromatic heterocycles. The summed E-state index contributed by atoms with van der Waals surface area (Å²) in [7, 11) is 0. The monoisotopic (exact) mass is 412 g/mol. The summed E-state index contributed by atoms with van der Waals surface area (Å²) >= 11 is 3.68. The number of nitrogens with zero attached hydrogens (tertiary/aromatic N) is 4. The van der Waals surface area contributed by atoms with Gasteiger partial charge in [-0.1, -0.05) is 6.07 Å². The molecule has 0 saturated carbocycles. The number of pyridine rings is 1. The zero-order valence-corrected chi connectivity index (χ0v) is 16.2. The van der Waals surface area contributed by atoms with Crippen molar-refractivity contribution in [2.75, 3.05) is 29.9 Å². The van der Waals surface area contributed by atoms with Gasteiger partial charge in [-0.25, -0.2) is 0 Å². The molecule has 6 nitrogen and oxygen atoms in total. The molecule has 1 aliphatic heterocycles. The molecule has 0 spiro atoms. The van der Waals surface area contributed by atoms with Crippen molar-refractivity contribution in [3.8, 4) is 0 Å². The molecule has 3 heterocycles. The van der Waals surface area contributed by atoms with Gasteiger partial charge in [0.1, 0.15) is 0 Å². The van der Waals surface area contributed by atoms with Crippen molar-refractivity contribution in [2.45, 2.75) is 19.5 Å². The van der Waals surface area contributed by atoms with Gasteiger partial charge in [0.2, 0.25) is 0 Å². The number of nitrogens with one attached hydrogen (secondary N) is 2. The SMILES string of the molecule is CC1CN(c2c(Br)cncc2NCc2ccc3nccnc3c2)CCN1. The topological polar surface area (TPSA) is 66.0 Å².